The second kappa shape index (κ2) is 6.26. The first-order chi connectivity index (χ1) is 10.0. The zero-order valence-electron chi connectivity index (χ0n) is 12.1. The average molecular weight is 289 g/mol. The lowest BCUT2D eigenvalue weighted by Gasteiger charge is -2.12. The SMILES string of the molecule is COc1ccc(C)cc1NC(=O)c1cc(F)ccc1OC. The molecule has 0 atom stereocenters. The summed E-state index contributed by atoms with van der Waals surface area (Å²) >= 11 is 0. The molecule has 0 aromatic heterocycles. The van der Waals surface area contributed by atoms with E-state index in [-0.39, 0.29) is 5.56 Å². The number of rotatable bonds is 4. The molecule has 0 aliphatic carbocycles. The molecule has 0 heterocycles. The number of carbonyl (C=O) groups excluding carboxylic acids is 1. The van der Waals surface area contributed by atoms with E-state index in [2.05, 4.69) is 5.32 Å². The van der Waals surface area contributed by atoms with Crippen LogP contribution in [0, 0.1) is 12.7 Å². The summed E-state index contributed by atoms with van der Waals surface area (Å²) in [6.07, 6.45) is 0. The lowest BCUT2D eigenvalue weighted by molar-refractivity contribution is 0.102. The zero-order valence-corrected chi connectivity index (χ0v) is 12.1. The van der Waals surface area contributed by atoms with Gasteiger partial charge in [0.1, 0.15) is 17.3 Å². The van der Waals surface area contributed by atoms with Crippen LogP contribution in [0.3, 0.4) is 0 Å². The number of aryl methyl sites for hydroxylation is 1. The van der Waals surface area contributed by atoms with Crippen molar-refractivity contribution in [3.63, 3.8) is 0 Å². The Morgan fingerprint density at radius 3 is 2.38 bits per heavy atom. The lowest BCUT2D eigenvalue weighted by atomic mass is 10.1. The largest absolute Gasteiger partial charge is 0.496 e. The Hall–Kier alpha value is -2.56. The number of hydrogen-bond donors (Lipinski definition) is 1. The number of hydrogen-bond acceptors (Lipinski definition) is 3. The fourth-order valence-electron chi connectivity index (χ4n) is 1.97. The quantitative estimate of drug-likeness (QED) is 0.938. The standard InChI is InChI=1S/C16H16FNO3/c1-10-4-6-15(21-3)13(8-10)18-16(19)12-9-11(17)5-7-14(12)20-2/h4-9H,1-3H3,(H,18,19). The highest BCUT2D eigenvalue weighted by Gasteiger charge is 2.15. The Kier molecular flexibility index (Phi) is 4.42. The maximum absolute atomic E-state index is 13.3. The number of methoxy groups -OCH3 is 2. The number of amides is 1. The van der Waals surface area contributed by atoms with Gasteiger partial charge in [-0.25, -0.2) is 4.39 Å². The van der Waals surface area contributed by atoms with Gasteiger partial charge in [-0.1, -0.05) is 6.07 Å². The van der Waals surface area contributed by atoms with Gasteiger partial charge in [0.2, 0.25) is 0 Å². The van der Waals surface area contributed by atoms with Gasteiger partial charge >= 0.3 is 0 Å². The second-order valence-electron chi connectivity index (χ2n) is 4.50. The van der Waals surface area contributed by atoms with Crippen molar-refractivity contribution in [2.45, 2.75) is 6.92 Å². The van der Waals surface area contributed by atoms with Gasteiger partial charge in [0, 0.05) is 0 Å². The van der Waals surface area contributed by atoms with E-state index < -0.39 is 11.7 Å². The Balaban J connectivity index is 2.34. The number of halogens is 1. The molecule has 0 unspecified atom stereocenters. The van der Waals surface area contributed by atoms with Crippen LogP contribution in [-0.2, 0) is 0 Å². The predicted molar refractivity (Wildman–Crippen MR) is 78.6 cm³/mol. The summed E-state index contributed by atoms with van der Waals surface area (Å²) in [5.41, 5.74) is 1.62. The summed E-state index contributed by atoms with van der Waals surface area (Å²) in [6.45, 7) is 1.90. The van der Waals surface area contributed by atoms with Crippen LogP contribution in [0.5, 0.6) is 11.5 Å². The molecular weight excluding hydrogens is 273 g/mol. The predicted octanol–water partition coefficient (Wildman–Crippen LogP) is 3.40. The molecule has 5 heteroatoms. The molecule has 0 aliphatic heterocycles. The topological polar surface area (TPSA) is 47.6 Å². The molecule has 0 saturated heterocycles. The smallest absolute Gasteiger partial charge is 0.259 e. The van der Waals surface area contributed by atoms with Gasteiger partial charge in [0.15, 0.2) is 0 Å². The van der Waals surface area contributed by atoms with E-state index in [9.17, 15) is 9.18 Å². The van der Waals surface area contributed by atoms with Gasteiger partial charge < -0.3 is 14.8 Å². The van der Waals surface area contributed by atoms with Crippen LogP contribution in [0.15, 0.2) is 36.4 Å². The van der Waals surface area contributed by atoms with Gasteiger partial charge in [0.05, 0.1) is 25.5 Å². The monoisotopic (exact) mass is 289 g/mol. The van der Waals surface area contributed by atoms with Gasteiger partial charge in [0.25, 0.3) is 5.91 Å². The number of benzene rings is 2. The summed E-state index contributed by atoms with van der Waals surface area (Å²) in [7, 11) is 2.94. The summed E-state index contributed by atoms with van der Waals surface area (Å²) in [5, 5.41) is 2.71. The molecule has 0 fully saturated rings. The van der Waals surface area contributed by atoms with Crippen LogP contribution in [0.4, 0.5) is 10.1 Å². The van der Waals surface area contributed by atoms with Crippen molar-refractivity contribution in [1.29, 1.82) is 0 Å². The Morgan fingerprint density at radius 1 is 1.05 bits per heavy atom. The first-order valence-corrected chi connectivity index (χ1v) is 6.34. The van der Waals surface area contributed by atoms with E-state index >= 15 is 0 Å². The van der Waals surface area contributed by atoms with Crippen LogP contribution in [0.1, 0.15) is 15.9 Å². The second-order valence-corrected chi connectivity index (χ2v) is 4.50. The van der Waals surface area contributed by atoms with E-state index in [1.165, 1.54) is 26.4 Å². The molecule has 0 bridgehead atoms. The molecule has 110 valence electrons. The van der Waals surface area contributed by atoms with Crippen LogP contribution < -0.4 is 14.8 Å². The zero-order chi connectivity index (χ0) is 15.4. The summed E-state index contributed by atoms with van der Waals surface area (Å²) in [4.78, 5) is 12.3. The fraction of sp³-hybridized carbons (Fsp3) is 0.188. The van der Waals surface area contributed by atoms with Crippen molar-refractivity contribution in [2.75, 3.05) is 19.5 Å². The number of nitrogens with one attached hydrogen (secondary N) is 1. The first kappa shape index (κ1) is 14.8. The van der Waals surface area contributed by atoms with E-state index in [1.54, 1.807) is 12.1 Å². The van der Waals surface area contributed by atoms with Gasteiger partial charge in [-0.2, -0.15) is 0 Å². The maximum Gasteiger partial charge on any atom is 0.259 e. The third-order valence-electron chi connectivity index (χ3n) is 3.01. The normalized spacial score (nSPS) is 10.1. The van der Waals surface area contributed by atoms with Crippen molar-refractivity contribution in [3.05, 3.63) is 53.3 Å². The summed E-state index contributed by atoms with van der Waals surface area (Å²) in [6, 6.07) is 9.20. The van der Waals surface area contributed by atoms with Crippen molar-refractivity contribution in [2.24, 2.45) is 0 Å². The Morgan fingerprint density at radius 2 is 1.71 bits per heavy atom. The molecule has 1 amide bonds. The van der Waals surface area contributed by atoms with Crippen molar-refractivity contribution in [3.8, 4) is 11.5 Å². The summed E-state index contributed by atoms with van der Waals surface area (Å²) in [5.74, 6) is -0.128. The molecule has 4 nitrogen and oxygen atoms in total. The summed E-state index contributed by atoms with van der Waals surface area (Å²) < 4.78 is 23.6. The minimum Gasteiger partial charge on any atom is -0.496 e. The van der Waals surface area contributed by atoms with Crippen LogP contribution in [0.2, 0.25) is 0 Å². The van der Waals surface area contributed by atoms with Crippen LogP contribution >= 0.6 is 0 Å². The van der Waals surface area contributed by atoms with E-state index in [0.29, 0.717) is 17.2 Å². The average Bonchev–Trinajstić information content (AvgIpc) is 2.47. The van der Waals surface area contributed by atoms with Crippen LogP contribution in [0.25, 0.3) is 0 Å². The molecule has 0 radical (unpaired) electrons. The molecule has 2 aromatic carbocycles. The van der Waals surface area contributed by atoms with Gasteiger partial charge in [-0.15, -0.1) is 0 Å². The van der Waals surface area contributed by atoms with Crippen molar-refractivity contribution >= 4 is 11.6 Å². The minimum absolute atomic E-state index is 0.126. The molecule has 0 spiro atoms. The highest BCUT2D eigenvalue weighted by molar-refractivity contribution is 6.06. The maximum atomic E-state index is 13.3. The third-order valence-corrected chi connectivity index (χ3v) is 3.01. The highest BCUT2D eigenvalue weighted by atomic mass is 19.1. The molecule has 0 aliphatic rings. The molecule has 2 aromatic rings. The highest BCUT2D eigenvalue weighted by Crippen LogP contribution is 2.27. The van der Waals surface area contributed by atoms with Gasteiger partial charge in [-0.3, -0.25) is 4.79 Å². The van der Waals surface area contributed by atoms with E-state index in [1.807, 2.05) is 13.0 Å². The fourth-order valence-corrected chi connectivity index (χ4v) is 1.97. The van der Waals surface area contributed by atoms with Crippen molar-refractivity contribution in [1.82, 2.24) is 0 Å². The third kappa shape index (κ3) is 3.31. The Bertz CT molecular complexity index is 671. The number of anilines is 1. The molecular formula is C16H16FNO3. The van der Waals surface area contributed by atoms with Crippen molar-refractivity contribution < 1.29 is 18.7 Å². The number of ether oxygens (including phenoxy) is 2. The van der Waals surface area contributed by atoms with Gasteiger partial charge in [-0.05, 0) is 42.8 Å². The lowest BCUT2D eigenvalue weighted by Crippen LogP contribution is -2.14. The van der Waals surface area contributed by atoms with E-state index in [4.69, 9.17) is 9.47 Å². The van der Waals surface area contributed by atoms with E-state index in [0.717, 1.165) is 11.6 Å². The minimum atomic E-state index is -0.503. The molecule has 0 saturated carbocycles. The first-order valence-electron chi connectivity index (χ1n) is 6.34. The number of carbonyl (C=O) groups is 1. The van der Waals surface area contributed by atoms with Crippen LogP contribution in [-0.4, -0.2) is 20.1 Å². The molecule has 2 rings (SSSR count). The Labute approximate surface area is 122 Å². The molecule has 1 N–H and O–H groups in total. The molecule has 21 heavy (non-hydrogen) atoms.